The number of rotatable bonds is 6. The first kappa shape index (κ1) is 20.8. The Kier molecular flexibility index (Phi) is 6.35. The number of aromatic hydroxyl groups is 1. The summed E-state index contributed by atoms with van der Waals surface area (Å²) in [4.78, 5) is 17.2. The number of pyridine rings is 1. The van der Waals surface area contributed by atoms with Gasteiger partial charge in [0.05, 0.1) is 24.4 Å². The van der Waals surface area contributed by atoms with E-state index < -0.39 is 0 Å². The molecular formula is C24H28N2O3S. The molecule has 158 valence electrons. The van der Waals surface area contributed by atoms with Gasteiger partial charge in [0, 0.05) is 10.6 Å². The van der Waals surface area contributed by atoms with Crippen LogP contribution in [-0.4, -0.2) is 33.9 Å². The summed E-state index contributed by atoms with van der Waals surface area (Å²) in [6, 6.07) is 13.5. The zero-order valence-electron chi connectivity index (χ0n) is 17.5. The molecule has 1 saturated heterocycles. The lowest BCUT2D eigenvalue weighted by atomic mass is 9.94. The van der Waals surface area contributed by atoms with Crippen LogP contribution >= 0.6 is 11.8 Å². The molecule has 3 aromatic rings. The molecule has 1 atom stereocenters. The van der Waals surface area contributed by atoms with Crippen molar-refractivity contribution >= 4 is 11.8 Å². The van der Waals surface area contributed by atoms with Gasteiger partial charge >= 0.3 is 0 Å². The Morgan fingerprint density at radius 3 is 2.50 bits per heavy atom. The number of aromatic nitrogens is 1. The van der Waals surface area contributed by atoms with Crippen molar-refractivity contribution in [3.63, 3.8) is 0 Å². The highest BCUT2D eigenvalue weighted by Crippen LogP contribution is 2.35. The van der Waals surface area contributed by atoms with Crippen molar-refractivity contribution in [2.24, 2.45) is 0 Å². The van der Waals surface area contributed by atoms with Crippen LogP contribution in [-0.2, 0) is 6.54 Å². The number of thioether (sulfide) groups is 1. The third kappa shape index (κ3) is 4.20. The van der Waals surface area contributed by atoms with Crippen LogP contribution in [0.1, 0.15) is 47.9 Å². The van der Waals surface area contributed by atoms with Gasteiger partial charge in [-0.3, -0.25) is 9.69 Å². The standard InChI is InChI=1S/C24H28N2O3S/c1-17-15-21(27)22(24(28)26(17)16-19-7-6-14-29-19)23(25-12-4-3-5-13-25)18-8-10-20(30-2)11-9-18/h6-11,14-15,23,27H,3-5,12-13,16H2,1-2H3/t23-/m1/s1. The Labute approximate surface area is 181 Å². The summed E-state index contributed by atoms with van der Waals surface area (Å²) in [5, 5.41) is 10.9. The van der Waals surface area contributed by atoms with Crippen molar-refractivity contribution < 1.29 is 9.52 Å². The summed E-state index contributed by atoms with van der Waals surface area (Å²) < 4.78 is 7.17. The average molecular weight is 425 g/mol. The highest BCUT2D eigenvalue weighted by atomic mass is 32.2. The zero-order valence-corrected chi connectivity index (χ0v) is 18.3. The molecule has 30 heavy (non-hydrogen) atoms. The molecule has 2 aromatic heterocycles. The number of aryl methyl sites for hydroxylation is 1. The fraction of sp³-hybridized carbons (Fsp3) is 0.375. The first-order valence-electron chi connectivity index (χ1n) is 10.4. The van der Waals surface area contributed by atoms with Gasteiger partial charge in [-0.25, -0.2) is 0 Å². The van der Waals surface area contributed by atoms with Gasteiger partial charge in [0.2, 0.25) is 0 Å². The number of piperidine rings is 1. The number of nitrogens with zero attached hydrogens (tertiary/aromatic N) is 2. The smallest absolute Gasteiger partial charge is 0.260 e. The summed E-state index contributed by atoms with van der Waals surface area (Å²) in [6.07, 6.45) is 7.08. The van der Waals surface area contributed by atoms with Crippen LogP contribution in [0.15, 0.2) is 62.8 Å². The number of furan rings is 1. The van der Waals surface area contributed by atoms with Gasteiger partial charge in [0.25, 0.3) is 5.56 Å². The van der Waals surface area contributed by atoms with Crippen molar-refractivity contribution in [3.8, 4) is 5.75 Å². The summed E-state index contributed by atoms with van der Waals surface area (Å²) in [5.74, 6) is 0.786. The molecular weight excluding hydrogens is 396 g/mol. The normalized spacial score (nSPS) is 15.9. The van der Waals surface area contributed by atoms with Crippen molar-refractivity contribution in [1.29, 1.82) is 0 Å². The van der Waals surface area contributed by atoms with Crippen LogP contribution in [0.5, 0.6) is 5.75 Å². The maximum absolute atomic E-state index is 13.6. The second-order valence-electron chi connectivity index (χ2n) is 7.83. The molecule has 5 nitrogen and oxygen atoms in total. The van der Waals surface area contributed by atoms with Crippen molar-refractivity contribution in [3.05, 3.63) is 81.7 Å². The first-order chi connectivity index (χ1) is 14.6. The molecule has 1 aliphatic rings. The number of hydrogen-bond donors (Lipinski definition) is 1. The minimum Gasteiger partial charge on any atom is -0.507 e. The van der Waals surface area contributed by atoms with Crippen molar-refractivity contribution in [1.82, 2.24) is 9.47 Å². The molecule has 0 radical (unpaired) electrons. The SMILES string of the molecule is CSc1ccc([C@H](c2c(O)cc(C)n(Cc3ccco3)c2=O)N2CCCCC2)cc1. The Morgan fingerprint density at radius 2 is 1.87 bits per heavy atom. The van der Waals surface area contributed by atoms with Gasteiger partial charge in [-0.2, -0.15) is 0 Å². The third-order valence-corrected chi connectivity index (χ3v) is 6.62. The van der Waals surface area contributed by atoms with Gasteiger partial charge in [-0.15, -0.1) is 11.8 Å². The Hall–Kier alpha value is -2.44. The van der Waals surface area contributed by atoms with E-state index in [0.717, 1.165) is 37.3 Å². The molecule has 4 rings (SSSR count). The maximum Gasteiger partial charge on any atom is 0.260 e. The predicted molar refractivity (Wildman–Crippen MR) is 120 cm³/mol. The van der Waals surface area contributed by atoms with Gasteiger partial charge in [0.15, 0.2) is 0 Å². The highest BCUT2D eigenvalue weighted by Gasteiger charge is 2.30. The molecule has 0 amide bonds. The molecule has 3 heterocycles. The topological polar surface area (TPSA) is 58.6 Å². The fourth-order valence-electron chi connectivity index (χ4n) is 4.30. The van der Waals surface area contributed by atoms with Crippen molar-refractivity contribution in [2.45, 2.75) is 43.7 Å². The quantitative estimate of drug-likeness (QED) is 0.576. The Balaban J connectivity index is 1.83. The van der Waals surface area contributed by atoms with E-state index in [-0.39, 0.29) is 17.4 Å². The van der Waals surface area contributed by atoms with E-state index in [9.17, 15) is 9.90 Å². The van der Waals surface area contributed by atoms with Crippen LogP contribution in [0.3, 0.4) is 0 Å². The molecule has 1 aliphatic heterocycles. The summed E-state index contributed by atoms with van der Waals surface area (Å²) in [5.41, 5.74) is 2.04. The molecule has 6 heteroatoms. The van der Waals surface area contributed by atoms with Crippen LogP contribution in [0, 0.1) is 6.92 Å². The lowest BCUT2D eigenvalue weighted by Gasteiger charge is -2.35. The van der Waals surface area contributed by atoms with E-state index in [1.54, 1.807) is 28.7 Å². The highest BCUT2D eigenvalue weighted by molar-refractivity contribution is 7.98. The van der Waals surface area contributed by atoms with Gasteiger partial charge in [-0.05, 0) is 75.0 Å². The minimum absolute atomic E-state index is 0.0673. The molecule has 0 saturated carbocycles. The van der Waals surface area contributed by atoms with E-state index in [4.69, 9.17) is 4.42 Å². The molecule has 1 N–H and O–H groups in total. The van der Waals surface area contributed by atoms with Gasteiger partial charge in [0.1, 0.15) is 11.5 Å². The second kappa shape index (κ2) is 9.14. The zero-order chi connectivity index (χ0) is 21.1. The molecule has 1 fully saturated rings. The van der Waals surface area contributed by atoms with E-state index in [1.165, 1.54) is 11.3 Å². The molecule has 0 unspecified atom stereocenters. The lowest BCUT2D eigenvalue weighted by molar-refractivity contribution is 0.183. The van der Waals surface area contributed by atoms with Crippen LogP contribution in [0.2, 0.25) is 0 Å². The van der Waals surface area contributed by atoms with Crippen LogP contribution in [0.4, 0.5) is 0 Å². The number of hydrogen-bond acceptors (Lipinski definition) is 5. The van der Waals surface area contributed by atoms with Crippen LogP contribution < -0.4 is 5.56 Å². The minimum atomic E-state index is -0.267. The summed E-state index contributed by atoms with van der Waals surface area (Å²) in [6.45, 7) is 4.03. The molecule has 1 aromatic carbocycles. The van der Waals surface area contributed by atoms with Crippen LogP contribution in [0.25, 0.3) is 0 Å². The number of likely N-dealkylation sites (tertiary alicyclic amines) is 1. The second-order valence-corrected chi connectivity index (χ2v) is 8.71. The first-order valence-corrected chi connectivity index (χ1v) is 11.6. The molecule has 0 bridgehead atoms. The van der Waals surface area contributed by atoms with E-state index in [2.05, 4.69) is 35.4 Å². The predicted octanol–water partition coefficient (Wildman–Crippen LogP) is 4.80. The Bertz CT molecular complexity index is 1040. The van der Waals surface area contributed by atoms with Gasteiger partial charge < -0.3 is 14.1 Å². The molecule has 0 aliphatic carbocycles. The van der Waals surface area contributed by atoms with E-state index in [1.807, 2.05) is 19.1 Å². The van der Waals surface area contributed by atoms with E-state index >= 15 is 0 Å². The monoisotopic (exact) mass is 424 g/mol. The number of benzene rings is 1. The largest absolute Gasteiger partial charge is 0.507 e. The average Bonchev–Trinajstić information content (AvgIpc) is 3.28. The molecule has 0 spiro atoms. The van der Waals surface area contributed by atoms with E-state index in [0.29, 0.717) is 17.8 Å². The lowest BCUT2D eigenvalue weighted by Crippen LogP contribution is -2.38. The summed E-state index contributed by atoms with van der Waals surface area (Å²) >= 11 is 1.69. The Morgan fingerprint density at radius 1 is 1.13 bits per heavy atom. The fourth-order valence-corrected chi connectivity index (χ4v) is 4.71. The van der Waals surface area contributed by atoms with Gasteiger partial charge in [-0.1, -0.05) is 18.6 Å². The maximum atomic E-state index is 13.6. The third-order valence-electron chi connectivity index (χ3n) is 5.88. The summed E-state index contributed by atoms with van der Waals surface area (Å²) in [7, 11) is 0. The van der Waals surface area contributed by atoms with Crippen molar-refractivity contribution in [2.75, 3.05) is 19.3 Å².